The van der Waals surface area contributed by atoms with Crippen LogP contribution in [0, 0.1) is 0 Å². The van der Waals surface area contributed by atoms with E-state index in [-0.39, 0.29) is 12.2 Å². The van der Waals surface area contributed by atoms with E-state index in [4.69, 9.17) is 32.8 Å². The fourth-order valence-electron chi connectivity index (χ4n) is 3.59. The maximum Gasteiger partial charge on any atom is 0.165 e. The van der Waals surface area contributed by atoms with Gasteiger partial charge in [0.2, 0.25) is 0 Å². The monoisotopic (exact) mass is 456 g/mol. The van der Waals surface area contributed by atoms with E-state index in [1.807, 2.05) is 24.3 Å². The van der Waals surface area contributed by atoms with Crippen molar-refractivity contribution in [2.24, 2.45) is 0 Å². The molecule has 2 aromatic carbocycles. The zero-order valence-electron chi connectivity index (χ0n) is 19.4. The van der Waals surface area contributed by atoms with E-state index in [2.05, 4.69) is 13.8 Å². The molecule has 2 unspecified atom stereocenters. The van der Waals surface area contributed by atoms with Crippen LogP contribution in [-0.4, -0.2) is 51.8 Å². The Morgan fingerprint density at radius 2 is 1.09 bits per heavy atom. The molecule has 2 aliphatic heterocycles. The van der Waals surface area contributed by atoms with Gasteiger partial charge in [0, 0.05) is 22.9 Å². The standard InChI is InChI=1S/C26H32O7/c1-3-5-7-27-23-9-19-20-10-24(28-8-6-4-2)26(32-16-18-14-30-18)12-22(20)33-21(19)11-25(23)31-15-17-13-29-17/h9-12,17-18H,3-8,13-16H2,1-2H3. The van der Waals surface area contributed by atoms with Gasteiger partial charge in [-0.15, -0.1) is 0 Å². The van der Waals surface area contributed by atoms with Crippen LogP contribution in [0.3, 0.4) is 0 Å². The summed E-state index contributed by atoms with van der Waals surface area (Å²) < 4.78 is 41.0. The molecular formula is C26H32O7. The average molecular weight is 457 g/mol. The zero-order chi connectivity index (χ0) is 22.6. The van der Waals surface area contributed by atoms with Crippen molar-refractivity contribution < 1.29 is 32.8 Å². The maximum absolute atomic E-state index is 6.21. The Labute approximate surface area is 193 Å². The third-order valence-electron chi connectivity index (χ3n) is 5.77. The predicted octanol–water partition coefficient (Wildman–Crippen LogP) is 5.50. The average Bonchev–Trinajstić information content (AvgIpc) is 3.74. The number of hydrogen-bond donors (Lipinski definition) is 0. The molecule has 178 valence electrons. The number of unbranched alkanes of at least 4 members (excludes halogenated alkanes) is 2. The Bertz CT molecular complexity index is 997. The first-order chi connectivity index (χ1) is 16.2. The topological polar surface area (TPSA) is 75.1 Å². The van der Waals surface area contributed by atoms with Crippen molar-refractivity contribution in [3.8, 4) is 23.0 Å². The van der Waals surface area contributed by atoms with Crippen molar-refractivity contribution >= 4 is 21.9 Å². The molecule has 0 N–H and O–H groups in total. The molecular weight excluding hydrogens is 424 g/mol. The summed E-state index contributed by atoms with van der Waals surface area (Å²) in [6.45, 7) is 8.07. The SMILES string of the molecule is CCCCOc1cc2c(cc1OCC1CO1)oc1cc(OCC3CO3)c(OCCCC)cc12. The van der Waals surface area contributed by atoms with E-state index in [0.717, 1.165) is 72.3 Å². The largest absolute Gasteiger partial charge is 0.490 e. The van der Waals surface area contributed by atoms with Crippen LogP contribution in [0.15, 0.2) is 28.7 Å². The summed E-state index contributed by atoms with van der Waals surface area (Å²) in [5.41, 5.74) is 1.48. The Morgan fingerprint density at radius 1 is 0.667 bits per heavy atom. The predicted molar refractivity (Wildman–Crippen MR) is 125 cm³/mol. The molecule has 0 radical (unpaired) electrons. The van der Waals surface area contributed by atoms with E-state index < -0.39 is 0 Å². The van der Waals surface area contributed by atoms with E-state index >= 15 is 0 Å². The number of rotatable bonds is 14. The van der Waals surface area contributed by atoms with Crippen molar-refractivity contribution in [1.29, 1.82) is 0 Å². The van der Waals surface area contributed by atoms with Crippen LogP contribution in [0.25, 0.3) is 21.9 Å². The minimum absolute atomic E-state index is 0.165. The molecule has 3 heterocycles. The quantitative estimate of drug-likeness (QED) is 0.234. The second-order valence-electron chi connectivity index (χ2n) is 8.63. The Balaban J connectivity index is 1.50. The van der Waals surface area contributed by atoms with Gasteiger partial charge < -0.3 is 32.8 Å². The molecule has 0 saturated carbocycles. The molecule has 0 bridgehead atoms. The van der Waals surface area contributed by atoms with E-state index in [9.17, 15) is 0 Å². The van der Waals surface area contributed by atoms with Gasteiger partial charge in [-0.3, -0.25) is 0 Å². The lowest BCUT2D eigenvalue weighted by Gasteiger charge is -2.13. The summed E-state index contributed by atoms with van der Waals surface area (Å²) in [5, 5.41) is 1.92. The van der Waals surface area contributed by atoms with Gasteiger partial charge in [0.1, 0.15) is 36.6 Å². The molecule has 2 saturated heterocycles. The molecule has 33 heavy (non-hydrogen) atoms. The molecule has 2 aliphatic rings. The molecule has 2 fully saturated rings. The summed E-state index contributed by atoms with van der Waals surface area (Å²) >= 11 is 0. The Kier molecular flexibility index (Phi) is 6.78. The lowest BCUT2D eigenvalue weighted by atomic mass is 10.1. The van der Waals surface area contributed by atoms with Crippen LogP contribution >= 0.6 is 0 Å². The van der Waals surface area contributed by atoms with Gasteiger partial charge in [-0.2, -0.15) is 0 Å². The highest BCUT2D eigenvalue weighted by Crippen LogP contribution is 2.42. The summed E-state index contributed by atoms with van der Waals surface area (Å²) in [6.07, 6.45) is 4.43. The smallest absolute Gasteiger partial charge is 0.165 e. The van der Waals surface area contributed by atoms with Crippen molar-refractivity contribution in [3.05, 3.63) is 24.3 Å². The maximum atomic E-state index is 6.21. The molecule has 1 aromatic heterocycles. The lowest BCUT2D eigenvalue weighted by molar-refractivity contribution is 0.240. The zero-order valence-corrected chi connectivity index (χ0v) is 19.4. The van der Waals surface area contributed by atoms with Gasteiger partial charge in [0.05, 0.1) is 26.4 Å². The molecule has 0 amide bonds. The summed E-state index contributed by atoms with van der Waals surface area (Å²) in [7, 11) is 0. The van der Waals surface area contributed by atoms with Gasteiger partial charge in [-0.25, -0.2) is 0 Å². The normalized spacial score (nSPS) is 19.1. The van der Waals surface area contributed by atoms with Crippen molar-refractivity contribution in [2.45, 2.75) is 51.7 Å². The van der Waals surface area contributed by atoms with Gasteiger partial charge >= 0.3 is 0 Å². The van der Waals surface area contributed by atoms with Crippen molar-refractivity contribution in [1.82, 2.24) is 0 Å². The van der Waals surface area contributed by atoms with E-state index in [1.54, 1.807) is 0 Å². The third-order valence-corrected chi connectivity index (χ3v) is 5.77. The summed E-state index contributed by atoms with van der Waals surface area (Å²) in [5.74, 6) is 2.79. The minimum Gasteiger partial charge on any atom is -0.490 e. The van der Waals surface area contributed by atoms with E-state index in [1.165, 1.54) is 0 Å². The van der Waals surface area contributed by atoms with Crippen LogP contribution < -0.4 is 18.9 Å². The summed E-state index contributed by atoms with van der Waals surface area (Å²) in [6, 6.07) is 7.84. The fraction of sp³-hybridized carbons (Fsp3) is 0.538. The lowest BCUT2D eigenvalue weighted by Crippen LogP contribution is -2.06. The Hall–Kier alpha value is -2.64. The van der Waals surface area contributed by atoms with E-state index in [0.29, 0.717) is 37.9 Å². The highest BCUT2D eigenvalue weighted by Gasteiger charge is 2.26. The first-order valence-electron chi connectivity index (χ1n) is 12.0. The molecule has 7 heteroatoms. The third kappa shape index (κ3) is 5.47. The summed E-state index contributed by atoms with van der Waals surface area (Å²) in [4.78, 5) is 0. The number of ether oxygens (including phenoxy) is 6. The minimum atomic E-state index is 0.165. The first-order valence-corrected chi connectivity index (χ1v) is 12.0. The van der Waals surface area contributed by atoms with Crippen molar-refractivity contribution in [2.75, 3.05) is 39.6 Å². The van der Waals surface area contributed by atoms with Crippen LogP contribution in [0.5, 0.6) is 23.0 Å². The number of fused-ring (bicyclic) bond motifs is 3. The van der Waals surface area contributed by atoms with Gasteiger partial charge in [-0.1, -0.05) is 26.7 Å². The number of epoxide rings is 2. The molecule has 0 spiro atoms. The highest BCUT2D eigenvalue weighted by atomic mass is 16.6. The number of benzene rings is 2. The van der Waals surface area contributed by atoms with Gasteiger partial charge in [0.25, 0.3) is 0 Å². The molecule has 3 aromatic rings. The molecule has 2 atom stereocenters. The van der Waals surface area contributed by atoms with Gasteiger partial charge in [-0.05, 0) is 25.0 Å². The second-order valence-corrected chi connectivity index (χ2v) is 8.63. The number of furan rings is 1. The van der Waals surface area contributed by atoms with Crippen LogP contribution in [0.1, 0.15) is 39.5 Å². The fourth-order valence-corrected chi connectivity index (χ4v) is 3.59. The Morgan fingerprint density at radius 3 is 1.48 bits per heavy atom. The van der Waals surface area contributed by atoms with Crippen LogP contribution in [0.4, 0.5) is 0 Å². The molecule has 7 nitrogen and oxygen atoms in total. The van der Waals surface area contributed by atoms with Crippen LogP contribution in [0.2, 0.25) is 0 Å². The van der Waals surface area contributed by atoms with Crippen LogP contribution in [-0.2, 0) is 9.47 Å². The first kappa shape index (κ1) is 22.2. The second kappa shape index (κ2) is 10.1. The molecule has 0 aliphatic carbocycles. The number of hydrogen-bond acceptors (Lipinski definition) is 7. The molecule has 5 rings (SSSR count). The van der Waals surface area contributed by atoms with Crippen molar-refractivity contribution in [3.63, 3.8) is 0 Å². The highest BCUT2D eigenvalue weighted by molar-refractivity contribution is 6.07. The van der Waals surface area contributed by atoms with Gasteiger partial charge in [0.15, 0.2) is 23.0 Å².